The third-order valence-electron chi connectivity index (χ3n) is 3.29. The summed E-state index contributed by atoms with van der Waals surface area (Å²) in [6.45, 7) is 0.512. The van der Waals surface area contributed by atoms with Gasteiger partial charge in [0.05, 0.1) is 19.0 Å². The van der Waals surface area contributed by atoms with Crippen LogP contribution in [-0.2, 0) is 16.1 Å². The van der Waals surface area contributed by atoms with Gasteiger partial charge in [0.25, 0.3) is 0 Å². The smallest absolute Gasteiger partial charge is 0.223 e. The van der Waals surface area contributed by atoms with E-state index in [9.17, 15) is 9.90 Å². The summed E-state index contributed by atoms with van der Waals surface area (Å²) in [5, 5.41) is 12.6. The van der Waals surface area contributed by atoms with Crippen LogP contribution in [-0.4, -0.2) is 24.2 Å². The Bertz CT molecular complexity index is 456. The zero-order valence-corrected chi connectivity index (χ0v) is 11.0. The van der Waals surface area contributed by atoms with Crippen LogP contribution in [0, 0.1) is 5.92 Å². The molecular weight excluding hydrogens is 242 g/mol. The number of hydrogen-bond donors (Lipinski definition) is 2. The van der Waals surface area contributed by atoms with Gasteiger partial charge in [0, 0.05) is 18.9 Å². The highest BCUT2D eigenvalue weighted by molar-refractivity contribution is 5.79. The first-order valence-corrected chi connectivity index (χ1v) is 6.43. The Hall–Kier alpha value is -1.81. The number of hydrogen-bond acceptors (Lipinski definition) is 3. The van der Waals surface area contributed by atoms with Crippen LogP contribution >= 0.6 is 0 Å². The minimum atomic E-state index is -0.601. The summed E-state index contributed by atoms with van der Waals surface area (Å²) < 4.78 is 5.13. The van der Waals surface area contributed by atoms with Crippen LogP contribution in [0.1, 0.15) is 18.4 Å². The summed E-state index contributed by atoms with van der Waals surface area (Å²) in [6, 6.07) is 9.76. The lowest BCUT2D eigenvalue weighted by molar-refractivity contribution is -0.126. The lowest BCUT2D eigenvalue weighted by atomic mass is 9.90. The highest BCUT2D eigenvalue weighted by atomic mass is 16.5. The van der Waals surface area contributed by atoms with Crippen LogP contribution in [0.4, 0.5) is 0 Å². The lowest BCUT2D eigenvalue weighted by Gasteiger charge is -2.24. The summed E-state index contributed by atoms with van der Waals surface area (Å²) in [6.07, 6.45) is 2.07. The maximum Gasteiger partial charge on any atom is 0.223 e. The van der Waals surface area contributed by atoms with Crippen LogP contribution < -0.4 is 5.32 Å². The number of aliphatic hydroxyl groups is 1. The molecule has 4 heteroatoms. The van der Waals surface area contributed by atoms with Gasteiger partial charge in [-0.1, -0.05) is 30.3 Å². The highest BCUT2D eigenvalue weighted by Crippen LogP contribution is 2.25. The van der Waals surface area contributed by atoms with Crippen LogP contribution in [0.5, 0.6) is 0 Å². The largest absolute Gasteiger partial charge is 0.501 e. The first-order chi connectivity index (χ1) is 9.19. The molecule has 2 atom stereocenters. The van der Waals surface area contributed by atoms with E-state index in [-0.39, 0.29) is 11.8 Å². The number of aliphatic hydroxyl groups excluding tert-OH is 1. The molecule has 0 radical (unpaired) electrons. The second-order valence-corrected chi connectivity index (χ2v) is 4.74. The molecule has 0 bridgehead atoms. The first-order valence-electron chi connectivity index (χ1n) is 6.43. The van der Waals surface area contributed by atoms with Crippen LogP contribution in [0.2, 0.25) is 0 Å². The van der Waals surface area contributed by atoms with E-state index in [0.29, 0.717) is 25.1 Å². The summed E-state index contributed by atoms with van der Waals surface area (Å²) in [5.74, 6) is 0.419. The van der Waals surface area contributed by atoms with Crippen molar-refractivity contribution >= 4 is 5.91 Å². The number of amides is 1. The van der Waals surface area contributed by atoms with Gasteiger partial charge in [0.15, 0.2) is 0 Å². The number of carbonyl (C=O) groups is 1. The molecule has 4 nitrogen and oxygen atoms in total. The second kappa shape index (κ2) is 6.38. The molecule has 0 aliphatic heterocycles. The number of rotatable bonds is 4. The Morgan fingerprint density at radius 3 is 2.84 bits per heavy atom. The van der Waals surface area contributed by atoms with Gasteiger partial charge in [-0.2, -0.15) is 0 Å². The molecule has 0 spiro atoms. The average Bonchev–Trinajstić information content (AvgIpc) is 2.45. The van der Waals surface area contributed by atoms with E-state index < -0.39 is 6.10 Å². The van der Waals surface area contributed by atoms with Crippen molar-refractivity contribution in [3.05, 3.63) is 47.7 Å². The van der Waals surface area contributed by atoms with Gasteiger partial charge in [-0.15, -0.1) is 0 Å². The molecule has 2 N–H and O–H groups in total. The highest BCUT2D eigenvalue weighted by Gasteiger charge is 2.27. The van der Waals surface area contributed by atoms with Crippen molar-refractivity contribution in [2.75, 3.05) is 7.11 Å². The van der Waals surface area contributed by atoms with Crippen molar-refractivity contribution in [2.24, 2.45) is 5.92 Å². The van der Waals surface area contributed by atoms with E-state index in [1.807, 2.05) is 30.3 Å². The van der Waals surface area contributed by atoms with E-state index in [1.165, 1.54) is 0 Å². The number of methoxy groups -OCH3 is 1. The topological polar surface area (TPSA) is 58.6 Å². The molecule has 1 aliphatic rings. The van der Waals surface area contributed by atoms with E-state index in [0.717, 1.165) is 5.56 Å². The van der Waals surface area contributed by atoms with Crippen molar-refractivity contribution in [2.45, 2.75) is 25.5 Å². The molecule has 0 saturated carbocycles. The number of allylic oxidation sites excluding steroid dienone is 1. The quantitative estimate of drug-likeness (QED) is 0.865. The predicted molar refractivity (Wildman–Crippen MR) is 72.1 cm³/mol. The third-order valence-corrected chi connectivity index (χ3v) is 3.29. The van der Waals surface area contributed by atoms with Gasteiger partial charge in [-0.05, 0) is 18.1 Å². The molecule has 2 rings (SSSR count). The Morgan fingerprint density at radius 1 is 1.42 bits per heavy atom. The van der Waals surface area contributed by atoms with Gasteiger partial charge in [0.1, 0.15) is 0 Å². The molecule has 0 heterocycles. The fourth-order valence-corrected chi connectivity index (χ4v) is 2.25. The zero-order chi connectivity index (χ0) is 13.7. The van der Waals surface area contributed by atoms with Gasteiger partial charge in [0.2, 0.25) is 5.91 Å². The fraction of sp³-hybridized carbons (Fsp3) is 0.400. The molecule has 1 aromatic carbocycles. The number of benzene rings is 1. The maximum atomic E-state index is 12.1. The SMILES string of the molecule is COC1=CC(O)CC(C(=O)NCc2ccccc2)C1. The molecular formula is C15H19NO3. The molecule has 2 unspecified atom stereocenters. The van der Waals surface area contributed by atoms with Gasteiger partial charge in [-0.3, -0.25) is 4.79 Å². The van der Waals surface area contributed by atoms with Crippen LogP contribution in [0.15, 0.2) is 42.2 Å². The summed E-state index contributed by atoms with van der Waals surface area (Å²) in [4.78, 5) is 12.1. The van der Waals surface area contributed by atoms with Crippen LogP contribution in [0.25, 0.3) is 0 Å². The van der Waals surface area contributed by atoms with E-state index in [4.69, 9.17) is 4.74 Å². The molecule has 102 valence electrons. The summed E-state index contributed by atoms with van der Waals surface area (Å²) >= 11 is 0. The molecule has 1 amide bonds. The fourth-order valence-electron chi connectivity index (χ4n) is 2.25. The minimum Gasteiger partial charge on any atom is -0.501 e. The molecule has 1 aliphatic carbocycles. The average molecular weight is 261 g/mol. The number of nitrogens with one attached hydrogen (secondary N) is 1. The van der Waals surface area contributed by atoms with Crippen LogP contribution in [0.3, 0.4) is 0 Å². The van der Waals surface area contributed by atoms with Gasteiger partial charge in [-0.25, -0.2) is 0 Å². The van der Waals surface area contributed by atoms with Gasteiger partial charge < -0.3 is 15.2 Å². The van der Waals surface area contributed by atoms with Crippen molar-refractivity contribution in [3.63, 3.8) is 0 Å². The minimum absolute atomic E-state index is 0.0365. The molecule has 19 heavy (non-hydrogen) atoms. The lowest BCUT2D eigenvalue weighted by Crippen LogP contribution is -2.34. The Labute approximate surface area is 113 Å². The normalized spacial score (nSPS) is 22.5. The van der Waals surface area contributed by atoms with E-state index >= 15 is 0 Å². The second-order valence-electron chi connectivity index (χ2n) is 4.74. The van der Waals surface area contributed by atoms with Crippen molar-refractivity contribution in [3.8, 4) is 0 Å². The zero-order valence-electron chi connectivity index (χ0n) is 11.0. The number of carbonyl (C=O) groups excluding carboxylic acids is 1. The number of ether oxygens (including phenoxy) is 1. The monoisotopic (exact) mass is 261 g/mol. The molecule has 0 saturated heterocycles. The van der Waals surface area contributed by atoms with E-state index in [2.05, 4.69) is 5.32 Å². The van der Waals surface area contributed by atoms with E-state index in [1.54, 1.807) is 13.2 Å². The van der Waals surface area contributed by atoms with Crippen molar-refractivity contribution in [1.82, 2.24) is 5.32 Å². The molecule has 0 aromatic heterocycles. The first kappa shape index (κ1) is 13.6. The maximum absolute atomic E-state index is 12.1. The van der Waals surface area contributed by atoms with Crippen molar-refractivity contribution < 1.29 is 14.6 Å². The summed E-state index contributed by atoms with van der Waals surface area (Å²) in [5.41, 5.74) is 1.06. The molecule has 0 fully saturated rings. The Morgan fingerprint density at radius 2 is 2.16 bits per heavy atom. The molecule has 1 aromatic rings. The third kappa shape index (κ3) is 3.83. The predicted octanol–water partition coefficient (Wildman–Crippen LogP) is 1.60. The standard InChI is InChI=1S/C15H19NO3/c1-19-14-8-12(7-13(17)9-14)15(18)16-10-11-5-3-2-4-6-11/h2-6,9,12-13,17H,7-8,10H2,1H3,(H,16,18). The summed E-state index contributed by atoms with van der Waals surface area (Å²) in [7, 11) is 1.56. The Kier molecular flexibility index (Phi) is 4.58. The van der Waals surface area contributed by atoms with Crippen molar-refractivity contribution in [1.29, 1.82) is 0 Å². The van der Waals surface area contributed by atoms with Gasteiger partial charge >= 0.3 is 0 Å². The Balaban J connectivity index is 1.89.